The van der Waals surface area contributed by atoms with Crippen LogP contribution in [0.1, 0.15) is 76.4 Å². The fourth-order valence-electron chi connectivity index (χ4n) is 6.89. The minimum absolute atomic E-state index is 0.0360. The number of halogens is 1. The summed E-state index contributed by atoms with van der Waals surface area (Å²) < 4.78 is 16.7. The van der Waals surface area contributed by atoms with Crippen molar-refractivity contribution in [3.05, 3.63) is 34.9 Å². The fourth-order valence-corrected chi connectivity index (χ4v) is 7.81. The fraction of sp³-hybridized carbons (Fsp3) is 0.743. The van der Waals surface area contributed by atoms with Crippen LogP contribution in [0.3, 0.4) is 0 Å². The van der Waals surface area contributed by atoms with Gasteiger partial charge < -0.3 is 34.6 Å². The highest BCUT2D eigenvalue weighted by molar-refractivity contribution is 6.76. The maximum Gasteiger partial charge on any atom is 0.409 e. The highest BCUT2D eigenvalue weighted by Crippen LogP contribution is 2.34. The van der Waals surface area contributed by atoms with Crippen molar-refractivity contribution in [2.45, 2.75) is 109 Å². The number of hydrogen-bond acceptors (Lipinski definition) is 6. The highest BCUT2D eigenvalue weighted by atomic mass is 35.5. The summed E-state index contributed by atoms with van der Waals surface area (Å²) in [6.45, 7) is 11.1. The number of carbonyl (C=O) groups is 3. The Morgan fingerprint density at radius 2 is 1.83 bits per heavy atom. The molecule has 10 nitrogen and oxygen atoms in total. The largest absolute Gasteiger partial charge is 0.453 e. The van der Waals surface area contributed by atoms with E-state index in [9.17, 15) is 14.4 Å². The third kappa shape index (κ3) is 13.1. The molecule has 2 aliphatic rings. The molecule has 4 atom stereocenters. The van der Waals surface area contributed by atoms with E-state index in [-0.39, 0.29) is 42.8 Å². The zero-order chi connectivity index (χ0) is 34.4. The van der Waals surface area contributed by atoms with Crippen molar-refractivity contribution in [3.8, 4) is 0 Å². The van der Waals surface area contributed by atoms with E-state index in [4.69, 9.17) is 21.1 Å². The Bertz CT molecular complexity index is 1130. The normalized spacial score (nSPS) is 19.3. The lowest BCUT2D eigenvalue weighted by atomic mass is 9.82. The Balaban J connectivity index is 1.73. The monoisotopic (exact) mass is 694 g/mol. The van der Waals surface area contributed by atoms with Gasteiger partial charge in [0.1, 0.15) is 0 Å². The van der Waals surface area contributed by atoms with Crippen LogP contribution in [0.4, 0.5) is 14.4 Å². The van der Waals surface area contributed by atoms with E-state index in [2.05, 4.69) is 41.9 Å². The molecule has 266 valence electrons. The van der Waals surface area contributed by atoms with Crippen molar-refractivity contribution in [3.63, 3.8) is 0 Å². The van der Waals surface area contributed by atoms with Gasteiger partial charge >= 0.3 is 18.2 Å². The molecule has 1 saturated heterocycles. The van der Waals surface area contributed by atoms with E-state index in [1.807, 2.05) is 36.2 Å². The molecule has 2 N–H and O–H groups in total. The summed E-state index contributed by atoms with van der Waals surface area (Å²) in [5.41, 5.74) is 0.943. The first-order valence-electron chi connectivity index (χ1n) is 17.6. The molecular weight excluding hydrogens is 636 g/mol. The zero-order valence-electron chi connectivity index (χ0n) is 29.5. The first-order valence-corrected chi connectivity index (χ1v) is 21.6. The third-order valence-electron chi connectivity index (χ3n) is 9.57. The second-order valence-corrected chi connectivity index (χ2v) is 20.5. The molecule has 3 rings (SSSR count). The van der Waals surface area contributed by atoms with Crippen molar-refractivity contribution >= 4 is 37.9 Å². The van der Waals surface area contributed by atoms with Crippen LogP contribution in [-0.4, -0.2) is 95.2 Å². The predicted octanol–water partition coefficient (Wildman–Crippen LogP) is 7.70. The Morgan fingerprint density at radius 1 is 1.09 bits per heavy atom. The van der Waals surface area contributed by atoms with Crippen LogP contribution in [0, 0.1) is 11.8 Å². The molecule has 0 aromatic heterocycles. The Kier molecular flexibility index (Phi) is 16.1. The zero-order valence-corrected chi connectivity index (χ0v) is 31.3. The number of rotatable bonds is 15. The smallest absolute Gasteiger partial charge is 0.409 e. The number of ether oxygens (including phenoxy) is 3. The molecular formula is C35H59ClN4O6Si. The van der Waals surface area contributed by atoms with Crippen molar-refractivity contribution in [1.29, 1.82) is 0 Å². The molecule has 1 aliphatic carbocycles. The van der Waals surface area contributed by atoms with Gasteiger partial charge in [0.05, 0.1) is 38.5 Å². The number of piperidine rings is 1. The third-order valence-corrected chi connectivity index (χ3v) is 11.5. The van der Waals surface area contributed by atoms with Crippen molar-refractivity contribution < 1.29 is 28.6 Å². The van der Waals surface area contributed by atoms with Gasteiger partial charge in [0.25, 0.3) is 0 Å². The number of likely N-dealkylation sites (tertiary alicyclic amines) is 1. The van der Waals surface area contributed by atoms with Crippen LogP contribution < -0.4 is 10.6 Å². The Morgan fingerprint density at radius 3 is 2.49 bits per heavy atom. The second kappa shape index (κ2) is 19.5. The molecule has 4 amide bonds. The SMILES string of the molecule is CC[C@H]([C@H](CC1CCCCC1)NC(=O)N1CCC[C@@H]([C@@H](OCCNC(=O)OC)c2cccc(Cl)c2)C1)N(C)C(=O)OCC[Si](C)(C)C. The quantitative estimate of drug-likeness (QED) is 0.144. The predicted molar refractivity (Wildman–Crippen MR) is 190 cm³/mol. The van der Waals surface area contributed by atoms with Gasteiger partial charge in [-0.15, -0.1) is 0 Å². The summed E-state index contributed by atoms with van der Waals surface area (Å²) in [5.74, 6) is 0.557. The molecule has 47 heavy (non-hydrogen) atoms. The number of carbonyl (C=O) groups excluding carboxylic acids is 3. The number of alkyl carbamates (subject to hydrolysis) is 1. The van der Waals surface area contributed by atoms with E-state index in [1.165, 1.54) is 26.4 Å². The number of urea groups is 1. The number of hydrogen-bond donors (Lipinski definition) is 2. The lowest BCUT2D eigenvalue weighted by Crippen LogP contribution is -2.56. The number of amides is 4. The van der Waals surface area contributed by atoms with Gasteiger partial charge in [0.15, 0.2) is 0 Å². The maximum atomic E-state index is 14.0. The minimum Gasteiger partial charge on any atom is -0.453 e. The van der Waals surface area contributed by atoms with Crippen molar-refractivity contribution in [2.75, 3.05) is 47.0 Å². The van der Waals surface area contributed by atoms with Gasteiger partial charge in [-0.25, -0.2) is 14.4 Å². The molecule has 1 aromatic carbocycles. The van der Waals surface area contributed by atoms with E-state index in [1.54, 1.807) is 4.90 Å². The van der Waals surface area contributed by atoms with Crippen LogP contribution in [0.15, 0.2) is 24.3 Å². The van der Waals surface area contributed by atoms with E-state index in [0.717, 1.165) is 43.7 Å². The number of likely N-dealkylation sites (N-methyl/N-ethyl adjacent to an activating group) is 1. The Labute approximate surface area is 288 Å². The van der Waals surface area contributed by atoms with Gasteiger partial charge in [-0.1, -0.05) is 82.4 Å². The van der Waals surface area contributed by atoms with Gasteiger partial charge in [-0.05, 0) is 55.3 Å². The summed E-state index contributed by atoms with van der Waals surface area (Å²) in [6.07, 6.45) is 8.15. The first kappa shape index (κ1) is 38.9. The molecule has 1 aliphatic heterocycles. The van der Waals surface area contributed by atoms with Crippen molar-refractivity contribution in [2.24, 2.45) is 11.8 Å². The molecule has 0 spiro atoms. The molecule has 2 fully saturated rings. The van der Waals surface area contributed by atoms with E-state index >= 15 is 0 Å². The summed E-state index contributed by atoms with van der Waals surface area (Å²) in [7, 11) is 1.80. The van der Waals surface area contributed by atoms with Crippen LogP contribution in [0.5, 0.6) is 0 Å². The van der Waals surface area contributed by atoms with Crippen LogP contribution in [0.2, 0.25) is 30.7 Å². The average molecular weight is 695 g/mol. The molecule has 1 saturated carbocycles. The molecule has 0 bridgehead atoms. The highest BCUT2D eigenvalue weighted by Gasteiger charge is 2.35. The topological polar surface area (TPSA) is 109 Å². The van der Waals surface area contributed by atoms with Crippen LogP contribution >= 0.6 is 11.6 Å². The van der Waals surface area contributed by atoms with Gasteiger partial charge in [-0.3, -0.25) is 0 Å². The second-order valence-electron chi connectivity index (χ2n) is 14.4. The lowest BCUT2D eigenvalue weighted by Gasteiger charge is -2.40. The Hall–Kier alpha value is -2.50. The average Bonchev–Trinajstić information content (AvgIpc) is 3.04. The number of benzene rings is 1. The number of nitrogens with zero attached hydrogens (tertiary/aromatic N) is 2. The molecule has 0 radical (unpaired) electrons. The number of methoxy groups -OCH3 is 1. The van der Waals surface area contributed by atoms with E-state index in [0.29, 0.717) is 43.6 Å². The van der Waals surface area contributed by atoms with Crippen LogP contribution in [-0.2, 0) is 14.2 Å². The van der Waals surface area contributed by atoms with Gasteiger partial charge in [0.2, 0.25) is 0 Å². The maximum absolute atomic E-state index is 14.0. The standard InChI is InChI=1S/C35H59ClN4O6Si/c1-7-31(39(2)35(43)46-21-22-47(4,5)6)30(23-26-13-9-8-10-14-26)38-33(41)40-19-12-16-28(25-40)32(27-15-11-17-29(36)24-27)45-20-18-37-34(42)44-3/h11,15,17,24,26,28,30-32H,7-10,12-14,16,18-23,25H2,1-6H3,(H,37,42)(H,38,41)/t28-,30+,31-,32+/m1/s1. The van der Waals surface area contributed by atoms with Gasteiger partial charge in [0, 0.05) is 45.7 Å². The first-order chi connectivity index (χ1) is 22.4. The summed E-state index contributed by atoms with van der Waals surface area (Å²) in [4.78, 5) is 42.4. The van der Waals surface area contributed by atoms with Crippen LogP contribution in [0.25, 0.3) is 0 Å². The van der Waals surface area contributed by atoms with Gasteiger partial charge in [-0.2, -0.15) is 0 Å². The van der Waals surface area contributed by atoms with E-state index < -0.39 is 14.2 Å². The molecule has 0 unspecified atom stereocenters. The molecule has 12 heteroatoms. The molecule has 1 heterocycles. The summed E-state index contributed by atoms with van der Waals surface area (Å²) in [5, 5.41) is 6.69. The lowest BCUT2D eigenvalue weighted by molar-refractivity contribution is -0.00887. The number of nitrogens with one attached hydrogen (secondary N) is 2. The molecule has 1 aromatic rings. The summed E-state index contributed by atoms with van der Waals surface area (Å²) in [6, 6.07) is 8.09. The minimum atomic E-state index is -1.34. The van der Waals surface area contributed by atoms with Crippen molar-refractivity contribution in [1.82, 2.24) is 20.4 Å². The summed E-state index contributed by atoms with van der Waals surface area (Å²) >= 11 is 6.37.